The van der Waals surface area contributed by atoms with E-state index in [-0.39, 0.29) is 0 Å². The van der Waals surface area contributed by atoms with E-state index in [1.165, 1.54) is 0 Å². The Bertz CT molecular complexity index is 419. The van der Waals surface area contributed by atoms with Crippen LogP contribution in [0.4, 0.5) is 0 Å². The van der Waals surface area contributed by atoms with Crippen LogP contribution in [0.1, 0.15) is 17.4 Å². The molecule has 0 aliphatic heterocycles. The molecular weight excluding hydrogens is 232 g/mol. The first-order valence-electron chi connectivity index (χ1n) is 4.55. The lowest BCUT2D eigenvalue weighted by Gasteiger charge is -2.10. The van der Waals surface area contributed by atoms with Gasteiger partial charge in [0.05, 0.1) is 16.9 Å². The third kappa shape index (κ3) is 2.22. The number of rotatable bonds is 3. The van der Waals surface area contributed by atoms with Crippen molar-refractivity contribution in [2.24, 2.45) is 7.05 Å². The van der Waals surface area contributed by atoms with Gasteiger partial charge in [0.25, 0.3) is 0 Å². The molecule has 0 amide bonds. The van der Waals surface area contributed by atoms with Gasteiger partial charge in [-0.05, 0) is 22.4 Å². The highest BCUT2D eigenvalue weighted by Gasteiger charge is 2.16. The quantitative estimate of drug-likeness (QED) is 0.898. The van der Waals surface area contributed by atoms with Crippen LogP contribution in [-0.2, 0) is 13.5 Å². The minimum absolute atomic E-state index is 0.514. The van der Waals surface area contributed by atoms with Gasteiger partial charge >= 0.3 is 0 Å². The van der Waals surface area contributed by atoms with Crippen LogP contribution < -0.4 is 0 Å². The normalized spacial score (nSPS) is 13.0. The van der Waals surface area contributed by atoms with Crippen LogP contribution >= 0.6 is 22.9 Å². The second kappa shape index (κ2) is 4.35. The Kier molecular flexibility index (Phi) is 3.09. The van der Waals surface area contributed by atoms with E-state index < -0.39 is 6.10 Å². The zero-order valence-electron chi connectivity index (χ0n) is 8.22. The predicted molar refractivity (Wildman–Crippen MR) is 61.2 cm³/mol. The summed E-state index contributed by atoms with van der Waals surface area (Å²) in [6.07, 6.45) is 1.52. The van der Waals surface area contributed by atoms with Gasteiger partial charge in [-0.15, -0.1) is 0 Å². The van der Waals surface area contributed by atoms with Gasteiger partial charge in [0.1, 0.15) is 6.10 Å². The van der Waals surface area contributed by atoms with Crippen molar-refractivity contribution in [2.45, 2.75) is 12.5 Å². The first kappa shape index (κ1) is 10.7. The number of thiophene rings is 1. The standard InChI is InChI=1S/C10H11ClN2OS/c1-13-10(8(11)5-12-13)9(14)4-7-2-3-15-6-7/h2-3,5-6,9,14H,4H2,1H3. The average molecular weight is 243 g/mol. The van der Waals surface area contributed by atoms with Gasteiger partial charge in [-0.3, -0.25) is 4.68 Å². The lowest BCUT2D eigenvalue weighted by atomic mass is 10.1. The molecule has 2 heterocycles. The van der Waals surface area contributed by atoms with E-state index in [1.54, 1.807) is 29.3 Å². The number of aromatic nitrogens is 2. The second-order valence-electron chi connectivity index (χ2n) is 3.35. The Morgan fingerprint density at radius 1 is 1.67 bits per heavy atom. The first-order chi connectivity index (χ1) is 7.18. The molecule has 0 aliphatic carbocycles. The summed E-state index contributed by atoms with van der Waals surface area (Å²) in [6, 6.07) is 2.00. The molecule has 0 bridgehead atoms. The van der Waals surface area contributed by atoms with Gasteiger partial charge in [-0.1, -0.05) is 11.6 Å². The van der Waals surface area contributed by atoms with Crippen molar-refractivity contribution in [3.05, 3.63) is 39.3 Å². The van der Waals surface area contributed by atoms with Crippen LogP contribution in [0.2, 0.25) is 5.02 Å². The Morgan fingerprint density at radius 3 is 3.00 bits per heavy atom. The largest absolute Gasteiger partial charge is 0.386 e. The zero-order chi connectivity index (χ0) is 10.8. The summed E-state index contributed by atoms with van der Waals surface area (Å²) >= 11 is 7.56. The van der Waals surface area contributed by atoms with Crippen molar-refractivity contribution in [3.8, 4) is 0 Å². The number of hydrogen-bond acceptors (Lipinski definition) is 3. The lowest BCUT2D eigenvalue weighted by Crippen LogP contribution is -2.08. The predicted octanol–water partition coefficient (Wildman–Crippen LogP) is 2.41. The van der Waals surface area contributed by atoms with E-state index in [4.69, 9.17) is 11.6 Å². The topological polar surface area (TPSA) is 38.0 Å². The van der Waals surface area contributed by atoms with Crippen molar-refractivity contribution in [1.29, 1.82) is 0 Å². The van der Waals surface area contributed by atoms with Gasteiger partial charge < -0.3 is 5.11 Å². The van der Waals surface area contributed by atoms with E-state index in [0.717, 1.165) is 5.56 Å². The third-order valence-electron chi connectivity index (χ3n) is 2.26. The number of aliphatic hydroxyl groups is 1. The van der Waals surface area contributed by atoms with E-state index in [1.807, 2.05) is 16.8 Å². The molecular formula is C10H11ClN2OS. The van der Waals surface area contributed by atoms with Crippen molar-refractivity contribution < 1.29 is 5.11 Å². The summed E-state index contributed by atoms with van der Waals surface area (Å²) in [5.41, 5.74) is 1.78. The summed E-state index contributed by atoms with van der Waals surface area (Å²) in [5.74, 6) is 0. The fraction of sp³-hybridized carbons (Fsp3) is 0.300. The van der Waals surface area contributed by atoms with Crippen LogP contribution in [-0.4, -0.2) is 14.9 Å². The summed E-state index contributed by atoms with van der Waals surface area (Å²) in [5, 5.41) is 18.5. The number of nitrogens with zero attached hydrogens (tertiary/aromatic N) is 2. The third-order valence-corrected chi connectivity index (χ3v) is 3.29. The molecule has 80 valence electrons. The van der Waals surface area contributed by atoms with Crippen LogP contribution in [0, 0.1) is 0 Å². The number of halogens is 1. The van der Waals surface area contributed by atoms with Gasteiger partial charge in [0, 0.05) is 13.5 Å². The van der Waals surface area contributed by atoms with Gasteiger partial charge in [-0.2, -0.15) is 16.4 Å². The molecule has 0 spiro atoms. The van der Waals surface area contributed by atoms with Crippen molar-refractivity contribution in [3.63, 3.8) is 0 Å². The maximum atomic E-state index is 10.0. The molecule has 2 aromatic rings. The monoisotopic (exact) mass is 242 g/mol. The Morgan fingerprint density at radius 2 is 2.47 bits per heavy atom. The van der Waals surface area contributed by atoms with E-state index in [9.17, 15) is 5.11 Å². The van der Waals surface area contributed by atoms with E-state index in [0.29, 0.717) is 17.1 Å². The molecule has 3 nitrogen and oxygen atoms in total. The van der Waals surface area contributed by atoms with Crippen molar-refractivity contribution in [2.75, 3.05) is 0 Å². The molecule has 0 fully saturated rings. The highest BCUT2D eigenvalue weighted by Crippen LogP contribution is 2.25. The lowest BCUT2D eigenvalue weighted by molar-refractivity contribution is 0.169. The molecule has 2 rings (SSSR count). The fourth-order valence-corrected chi connectivity index (χ4v) is 2.50. The number of aliphatic hydroxyl groups excluding tert-OH is 1. The molecule has 5 heteroatoms. The molecule has 0 radical (unpaired) electrons. The van der Waals surface area contributed by atoms with Gasteiger partial charge in [0.15, 0.2) is 0 Å². The molecule has 15 heavy (non-hydrogen) atoms. The molecule has 1 atom stereocenters. The summed E-state index contributed by atoms with van der Waals surface area (Å²) < 4.78 is 1.61. The maximum absolute atomic E-state index is 10.0. The molecule has 0 saturated carbocycles. The molecule has 1 N–H and O–H groups in total. The summed E-state index contributed by atoms with van der Waals surface area (Å²) in [6.45, 7) is 0. The average Bonchev–Trinajstić information content (AvgIpc) is 2.77. The van der Waals surface area contributed by atoms with Crippen LogP contribution in [0.5, 0.6) is 0 Å². The fourth-order valence-electron chi connectivity index (χ4n) is 1.52. The van der Waals surface area contributed by atoms with Crippen LogP contribution in [0.15, 0.2) is 23.0 Å². The molecule has 0 saturated heterocycles. The summed E-state index contributed by atoms with van der Waals surface area (Å²) in [7, 11) is 1.78. The minimum atomic E-state index is -0.598. The Balaban J connectivity index is 2.18. The molecule has 0 aromatic carbocycles. The number of aryl methyl sites for hydroxylation is 1. The molecule has 0 aliphatic rings. The minimum Gasteiger partial charge on any atom is -0.386 e. The van der Waals surface area contributed by atoms with Crippen molar-refractivity contribution >= 4 is 22.9 Å². The molecule has 2 aromatic heterocycles. The molecule has 1 unspecified atom stereocenters. The van der Waals surface area contributed by atoms with E-state index >= 15 is 0 Å². The first-order valence-corrected chi connectivity index (χ1v) is 5.87. The summed E-state index contributed by atoms with van der Waals surface area (Å²) in [4.78, 5) is 0. The van der Waals surface area contributed by atoms with Crippen LogP contribution in [0.25, 0.3) is 0 Å². The number of hydrogen-bond donors (Lipinski definition) is 1. The van der Waals surface area contributed by atoms with Gasteiger partial charge in [-0.25, -0.2) is 0 Å². The highest BCUT2D eigenvalue weighted by molar-refractivity contribution is 7.07. The Labute approximate surface area is 96.9 Å². The van der Waals surface area contributed by atoms with Gasteiger partial charge in [0.2, 0.25) is 0 Å². The second-order valence-corrected chi connectivity index (χ2v) is 4.54. The van der Waals surface area contributed by atoms with E-state index in [2.05, 4.69) is 5.10 Å². The maximum Gasteiger partial charge on any atom is 0.101 e. The smallest absolute Gasteiger partial charge is 0.101 e. The van der Waals surface area contributed by atoms with Crippen LogP contribution in [0.3, 0.4) is 0 Å². The zero-order valence-corrected chi connectivity index (χ0v) is 9.79. The highest BCUT2D eigenvalue weighted by atomic mass is 35.5. The Hall–Kier alpha value is -0.840. The van der Waals surface area contributed by atoms with Crippen molar-refractivity contribution in [1.82, 2.24) is 9.78 Å². The SMILES string of the molecule is Cn1ncc(Cl)c1C(O)Cc1ccsc1.